The van der Waals surface area contributed by atoms with Gasteiger partial charge in [-0.15, -0.1) is 0 Å². The Labute approximate surface area is 119 Å². The van der Waals surface area contributed by atoms with Crippen LogP contribution in [0.3, 0.4) is 0 Å². The molecule has 1 atom stereocenters. The minimum Gasteiger partial charge on any atom is -0.382 e. The van der Waals surface area contributed by atoms with E-state index in [0.717, 1.165) is 37.2 Å². The van der Waals surface area contributed by atoms with E-state index in [1.807, 2.05) is 6.92 Å². The maximum Gasteiger partial charge on any atom is 0.0466 e. The first kappa shape index (κ1) is 15.7. The lowest BCUT2D eigenvalue weighted by atomic mass is 9.94. The van der Waals surface area contributed by atoms with Gasteiger partial charge in [-0.1, -0.05) is 35.0 Å². The summed E-state index contributed by atoms with van der Waals surface area (Å²) in [6.45, 7) is 7.96. The SMILES string of the molecule is CCNCC(CCCOCC)c1ccc(Br)cc1. The summed E-state index contributed by atoms with van der Waals surface area (Å²) >= 11 is 3.48. The van der Waals surface area contributed by atoms with Gasteiger partial charge in [0, 0.05) is 24.2 Å². The smallest absolute Gasteiger partial charge is 0.0466 e. The molecule has 0 saturated carbocycles. The van der Waals surface area contributed by atoms with Crippen molar-refractivity contribution in [3.63, 3.8) is 0 Å². The second kappa shape index (κ2) is 9.54. The zero-order chi connectivity index (χ0) is 13.2. The van der Waals surface area contributed by atoms with Crippen LogP contribution in [0.2, 0.25) is 0 Å². The summed E-state index contributed by atoms with van der Waals surface area (Å²) in [5.74, 6) is 0.582. The average molecular weight is 314 g/mol. The highest BCUT2D eigenvalue weighted by atomic mass is 79.9. The van der Waals surface area contributed by atoms with Gasteiger partial charge in [0.15, 0.2) is 0 Å². The summed E-state index contributed by atoms with van der Waals surface area (Å²) in [6.07, 6.45) is 2.30. The molecule has 1 aromatic carbocycles. The van der Waals surface area contributed by atoms with Crippen molar-refractivity contribution >= 4 is 15.9 Å². The second-order valence-electron chi connectivity index (χ2n) is 4.40. The van der Waals surface area contributed by atoms with E-state index in [1.165, 1.54) is 12.0 Å². The molecule has 0 aliphatic rings. The van der Waals surface area contributed by atoms with Crippen LogP contribution in [0.1, 0.15) is 38.2 Å². The van der Waals surface area contributed by atoms with Gasteiger partial charge in [-0.05, 0) is 49.9 Å². The molecule has 0 aliphatic heterocycles. The summed E-state index contributed by atoms with van der Waals surface area (Å²) in [7, 11) is 0. The molecule has 0 amide bonds. The van der Waals surface area contributed by atoms with Crippen LogP contribution in [-0.4, -0.2) is 26.3 Å². The lowest BCUT2D eigenvalue weighted by Crippen LogP contribution is -2.21. The fraction of sp³-hybridized carbons (Fsp3) is 0.600. The summed E-state index contributed by atoms with van der Waals surface area (Å²) in [5.41, 5.74) is 1.41. The van der Waals surface area contributed by atoms with Crippen LogP contribution >= 0.6 is 15.9 Å². The predicted octanol–water partition coefficient (Wildman–Crippen LogP) is 3.96. The lowest BCUT2D eigenvalue weighted by Gasteiger charge is -2.18. The molecule has 0 spiro atoms. The topological polar surface area (TPSA) is 21.3 Å². The Morgan fingerprint density at radius 2 is 1.94 bits per heavy atom. The Morgan fingerprint density at radius 1 is 1.22 bits per heavy atom. The quantitative estimate of drug-likeness (QED) is 0.697. The number of hydrogen-bond donors (Lipinski definition) is 1. The van der Waals surface area contributed by atoms with E-state index >= 15 is 0 Å². The molecule has 0 saturated heterocycles. The third-order valence-corrected chi connectivity index (χ3v) is 3.56. The van der Waals surface area contributed by atoms with Crippen molar-refractivity contribution in [2.24, 2.45) is 0 Å². The van der Waals surface area contributed by atoms with Gasteiger partial charge in [0.25, 0.3) is 0 Å². The summed E-state index contributed by atoms with van der Waals surface area (Å²) < 4.78 is 6.56. The standard InChI is InChI=1S/C15H24BrNO/c1-3-17-12-14(6-5-11-18-4-2)13-7-9-15(16)10-8-13/h7-10,14,17H,3-6,11-12H2,1-2H3. The van der Waals surface area contributed by atoms with Crippen molar-refractivity contribution in [1.82, 2.24) is 5.32 Å². The number of likely N-dealkylation sites (N-methyl/N-ethyl adjacent to an activating group) is 1. The molecule has 0 fully saturated rings. The van der Waals surface area contributed by atoms with Crippen molar-refractivity contribution in [1.29, 1.82) is 0 Å². The molecule has 102 valence electrons. The third-order valence-electron chi connectivity index (χ3n) is 3.03. The van der Waals surface area contributed by atoms with Crippen LogP contribution in [0, 0.1) is 0 Å². The maximum atomic E-state index is 5.42. The van der Waals surface area contributed by atoms with Crippen LogP contribution in [0.5, 0.6) is 0 Å². The summed E-state index contributed by atoms with van der Waals surface area (Å²) in [5, 5.41) is 3.45. The van der Waals surface area contributed by atoms with Gasteiger partial charge in [-0.2, -0.15) is 0 Å². The van der Waals surface area contributed by atoms with E-state index in [-0.39, 0.29) is 0 Å². The Hall–Kier alpha value is -0.380. The fourth-order valence-corrected chi connectivity index (χ4v) is 2.28. The lowest BCUT2D eigenvalue weighted by molar-refractivity contribution is 0.141. The van der Waals surface area contributed by atoms with E-state index < -0.39 is 0 Å². The third kappa shape index (κ3) is 5.98. The van der Waals surface area contributed by atoms with Crippen molar-refractivity contribution in [2.45, 2.75) is 32.6 Å². The molecule has 1 N–H and O–H groups in total. The fourth-order valence-electron chi connectivity index (χ4n) is 2.02. The highest BCUT2D eigenvalue weighted by molar-refractivity contribution is 9.10. The van der Waals surface area contributed by atoms with Gasteiger partial charge < -0.3 is 10.1 Å². The van der Waals surface area contributed by atoms with Gasteiger partial charge in [0.05, 0.1) is 0 Å². The number of rotatable bonds is 9. The molecule has 1 rings (SSSR count). The Morgan fingerprint density at radius 3 is 2.56 bits per heavy atom. The Balaban J connectivity index is 2.51. The van der Waals surface area contributed by atoms with E-state index in [0.29, 0.717) is 5.92 Å². The van der Waals surface area contributed by atoms with Gasteiger partial charge >= 0.3 is 0 Å². The van der Waals surface area contributed by atoms with Crippen molar-refractivity contribution in [2.75, 3.05) is 26.3 Å². The predicted molar refractivity (Wildman–Crippen MR) is 81.2 cm³/mol. The molecule has 3 heteroatoms. The summed E-state index contributed by atoms with van der Waals surface area (Å²) in [4.78, 5) is 0. The van der Waals surface area contributed by atoms with Gasteiger partial charge in [0.2, 0.25) is 0 Å². The molecule has 18 heavy (non-hydrogen) atoms. The molecule has 0 aromatic heterocycles. The second-order valence-corrected chi connectivity index (χ2v) is 5.31. The molecular weight excluding hydrogens is 290 g/mol. The minimum atomic E-state index is 0.582. The van der Waals surface area contributed by atoms with Gasteiger partial charge in [-0.25, -0.2) is 0 Å². The molecule has 1 unspecified atom stereocenters. The largest absolute Gasteiger partial charge is 0.382 e. The number of halogens is 1. The van der Waals surface area contributed by atoms with Crippen LogP contribution < -0.4 is 5.32 Å². The zero-order valence-electron chi connectivity index (χ0n) is 11.4. The van der Waals surface area contributed by atoms with E-state index in [4.69, 9.17) is 4.74 Å². The van der Waals surface area contributed by atoms with E-state index in [9.17, 15) is 0 Å². The summed E-state index contributed by atoms with van der Waals surface area (Å²) in [6, 6.07) is 8.67. The molecular formula is C15H24BrNO. The van der Waals surface area contributed by atoms with Crippen LogP contribution in [0.25, 0.3) is 0 Å². The van der Waals surface area contributed by atoms with Crippen molar-refractivity contribution in [3.8, 4) is 0 Å². The van der Waals surface area contributed by atoms with Gasteiger partial charge in [0.1, 0.15) is 0 Å². The first-order valence-electron chi connectivity index (χ1n) is 6.81. The first-order chi connectivity index (χ1) is 8.77. The van der Waals surface area contributed by atoms with E-state index in [1.54, 1.807) is 0 Å². The van der Waals surface area contributed by atoms with Crippen molar-refractivity contribution in [3.05, 3.63) is 34.3 Å². The zero-order valence-corrected chi connectivity index (χ0v) is 13.0. The number of hydrogen-bond acceptors (Lipinski definition) is 2. The minimum absolute atomic E-state index is 0.582. The van der Waals surface area contributed by atoms with Crippen molar-refractivity contribution < 1.29 is 4.74 Å². The van der Waals surface area contributed by atoms with Crippen LogP contribution in [0.4, 0.5) is 0 Å². The van der Waals surface area contributed by atoms with Crippen LogP contribution in [0.15, 0.2) is 28.7 Å². The number of nitrogens with one attached hydrogen (secondary N) is 1. The molecule has 0 bridgehead atoms. The highest BCUT2D eigenvalue weighted by Crippen LogP contribution is 2.22. The highest BCUT2D eigenvalue weighted by Gasteiger charge is 2.10. The number of ether oxygens (including phenoxy) is 1. The normalized spacial score (nSPS) is 12.6. The average Bonchev–Trinajstić information content (AvgIpc) is 2.39. The molecule has 1 aromatic rings. The first-order valence-corrected chi connectivity index (χ1v) is 7.61. The molecule has 0 radical (unpaired) electrons. The molecule has 0 heterocycles. The monoisotopic (exact) mass is 313 g/mol. The molecule has 0 aliphatic carbocycles. The Kier molecular flexibility index (Phi) is 8.31. The molecule has 2 nitrogen and oxygen atoms in total. The maximum absolute atomic E-state index is 5.42. The van der Waals surface area contributed by atoms with Gasteiger partial charge in [-0.3, -0.25) is 0 Å². The van der Waals surface area contributed by atoms with Crippen LogP contribution in [-0.2, 0) is 4.74 Å². The Bertz CT molecular complexity index is 313. The number of benzene rings is 1. The van der Waals surface area contributed by atoms with E-state index in [2.05, 4.69) is 52.4 Å².